The lowest BCUT2D eigenvalue weighted by molar-refractivity contribution is 0.0656. The topological polar surface area (TPSA) is 79.0 Å². The molecule has 0 saturated carbocycles. The number of rotatable bonds is 4. The quantitative estimate of drug-likeness (QED) is 0.745. The fraction of sp³-hybridized carbons (Fsp3) is 0.158. The van der Waals surface area contributed by atoms with Crippen LogP contribution in [0, 0.1) is 6.92 Å². The molecule has 3 aromatic rings. The maximum atomic E-state index is 12.4. The third-order valence-corrected chi connectivity index (χ3v) is 4.39. The fourth-order valence-corrected chi connectivity index (χ4v) is 3.05. The lowest BCUT2D eigenvalue weighted by Crippen LogP contribution is -2.31. The Morgan fingerprint density at radius 1 is 1.00 bits per heavy atom. The summed E-state index contributed by atoms with van der Waals surface area (Å²) in [6.07, 6.45) is 3.94. The summed E-state index contributed by atoms with van der Waals surface area (Å²) >= 11 is 0. The summed E-state index contributed by atoms with van der Waals surface area (Å²) in [5.74, 6) is 0.295. The highest BCUT2D eigenvalue weighted by Crippen LogP contribution is 2.23. The standard InChI is InChI=1S/C19H16N4O2/c1-12-16(22-17(21-12)13-6-9-20-10-7-13)8-11-23-18(24)14-4-2-3-5-15(14)19(23)25/h2-7,9-10H,8,11H2,1H3,(H,21,22). The number of carbonyl (C=O) groups excluding carboxylic acids is 2. The normalized spacial score (nSPS) is 13.4. The summed E-state index contributed by atoms with van der Waals surface area (Å²) in [4.78, 5) is 38.0. The summed E-state index contributed by atoms with van der Waals surface area (Å²) in [5, 5.41) is 0. The number of aryl methyl sites for hydroxylation is 1. The second-order valence-electron chi connectivity index (χ2n) is 5.95. The van der Waals surface area contributed by atoms with E-state index in [9.17, 15) is 9.59 Å². The van der Waals surface area contributed by atoms with Crippen LogP contribution in [0.4, 0.5) is 0 Å². The lowest BCUT2D eigenvalue weighted by atomic mass is 10.1. The van der Waals surface area contributed by atoms with E-state index in [0.717, 1.165) is 22.8 Å². The smallest absolute Gasteiger partial charge is 0.261 e. The Morgan fingerprint density at radius 2 is 1.64 bits per heavy atom. The van der Waals surface area contributed by atoms with Crippen LogP contribution in [0.25, 0.3) is 11.4 Å². The molecule has 1 aliphatic rings. The number of hydrogen-bond donors (Lipinski definition) is 1. The number of H-pyrrole nitrogens is 1. The number of amides is 2. The second kappa shape index (κ2) is 5.98. The highest BCUT2D eigenvalue weighted by Gasteiger charge is 2.34. The van der Waals surface area contributed by atoms with Gasteiger partial charge in [-0.3, -0.25) is 19.5 Å². The van der Waals surface area contributed by atoms with Crippen LogP contribution in [-0.2, 0) is 6.42 Å². The Morgan fingerprint density at radius 3 is 2.28 bits per heavy atom. The maximum absolute atomic E-state index is 12.4. The molecule has 0 aliphatic carbocycles. The first kappa shape index (κ1) is 15.3. The SMILES string of the molecule is Cc1[nH]c(-c2ccncc2)nc1CCN1C(=O)c2ccccc2C1=O. The minimum Gasteiger partial charge on any atom is -0.342 e. The average molecular weight is 332 g/mol. The molecule has 124 valence electrons. The summed E-state index contributed by atoms with van der Waals surface area (Å²) in [7, 11) is 0. The zero-order chi connectivity index (χ0) is 17.4. The molecule has 4 rings (SSSR count). The Bertz CT molecular complexity index is 928. The van der Waals surface area contributed by atoms with Crippen LogP contribution in [0.15, 0.2) is 48.8 Å². The van der Waals surface area contributed by atoms with Gasteiger partial charge < -0.3 is 4.98 Å². The van der Waals surface area contributed by atoms with Crippen molar-refractivity contribution in [3.63, 3.8) is 0 Å². The number of nitrogens with zero attached hydrogens (tertiary/aromatic N) is 3. The van der Waals surface area contributed by atoms with Gasteiger partial charge in [0.15, 0.2) is 0 Å². The van der Waals surface area contributed by atoms with Crippen molar-refractivity contribution in [1.29, 1.82) is 0 Å². The molecule has 0 atom stereocenters. The summed E-state index contributed by atoms with van der Waals surface area (Å²) in [6.45, 7) is 2.25. The third kappa shape index (κ3) is 2.61. The van der Waals surface area contributed by atoms with Gasteiger partial charge in [0.1, 0.15) is 5.82 Å². The van der Waals surface area contributed by atoms with E-state index in [-0.39, 0.29) is 11.8 Å². The van der Waals surface area contributed by atoms with E-state index < -0.39 is 0 Å². The molecule has 2 amide bonds. The highest BCUT2D eigenvalue weighted by atomic mass is 16.2. The molecule has 0 spiro atoms. The van der Waals surface area contributed by atoms with E-state index >= 15 is 0 Å². The molecular formula is C19H16N4O2. The number of hydrogen-bond acceptors (Lipinski definition) is 4. The van der Waals surface area contributed by atoms with E-state index in [1.165, 1.54) is 4.90 Å². The number of aromatic nitrogens is 3. The number of imide groups is 1. The van der Waals surface area contributed by atoms with Gasteiger partial charge in [0.2, 0.25) is 0 Å². The lowest BCUT2D eigenvalue weighted by Gasteiger charge is -2.12. The van der Waals surface area contributed by atoms with Gasteiger partial charge in [-0.1, -0.05) is 12.1 Å². The molecule has 0 saturated heterocycles. The van der Waals surface area contributed by atoms with Crippen molar-refractivity contribution in [2.75, 3.05) is 6.54 Å². The van der Waals surface area contributed by atoms with Crippen LogP contribution in [0.5, 0.6) is 0 Å². The fourth-order valence-electron chi connectivity index (χ4n) is 3.05. The number of carbonyl (C=O) groups is 2. The second-order valence-corrected chi connectivity index (χ2v) is 5.95. The van der Waals surface area contributed by atoms with Crippen LogP contribution in [0.1, 0.15) is 32.1 Å². The monoisotopic (exact) mass is 332 g/mol. The van der Waals surface area contributed by atoms with Crippen LogP contribution >= 0.6 is 0 Å². The molecule has 6 heteroatoms. The van der Waals surface area contributed by atoms with Crippen molar-refractivity contribution in [2.45, 2.75) is 13.3 Å². The minimum atomic E-state index is -0.233. The number of imidazole rings is 1. The summed E-state index contributed by atoms with van der Waals surface area (Å²) in [6, 6.07) is 10.7. The molecular weight excluding hydrogens is 316 g/mol. The zero-order valence-corrected chi connectivity index (χ0v) is 13.7. The average Bonchev–Trinajstić information content (AvgIpc) is 3.13. The van der Waals surface area contributed by atoms with E-state index in [0.29, 0.717) is 24.1 Å². The molecule has 0 radical (unpaired) electrons. The van der Waals surface area contributed by atoms with Crippen molar-refractivity contribution in [1.82, 2.24) is 19.9 Å². The number of nitrogens with one attached hydrogen (secondary N) is 1. The number of pyridine rings is 1. The van der Waals surface area contributed by atoms with Crippen molar-refractivity contribution in [3.8, 4) is 11.4 Å². The molecule has 3 heterocycles. The van der Waals surface area contributed by atoms with Gasteiger partial charge in [-0.05, 0) is 31.2 Å². The first-order valence-electron chi connectivity index (χ1n) is 8.06. The van der Waals surface area contributed by atoms with Gasteiger partial charge in [0.05, 0.1) is 16.8 Å². The predicted molar refractivity (Wildman–Crippen MR) is 92.1 cm³/mol. The molecule has 2 aromatic heterocycles. The van der Waals surface area contributed by atoms with Crippen LogP contribution in [-0.4, -0.2) is 38.2 Å². The number of fused-ring (bicyclic) bond motifs is 1. The molecule has 1 aliphatic heterocycles. The van der Waals surface area contributed by atoms with Crippen LogP contribution < -0.4 is 0 Å². The molecule has 0 unspecified atom stereocenters. The van der Waals surface area contributed by atoms with Crippen LogP contribution in [0.3, 0.4) is 0 Å². The third-order valence-electron chi connectivity index (χ3n) is 4.39. The Labute approximate surface area is 144 Å². The van der Waals surface area contributed by atoms with Gasteiger partial charge in [-0.25, -0.2) is 4.98 Å². The summed E-state index contributed by atoms with van der Waals surface area (Å²) in [5.41, 5.74) is 3.68. The molecule has 0 fully saturated rings. The largest absolute Gasteiger partial charge is 0.342 e. The summed E-state index contributed by atoms with van der Waals surface area (Å²) < 4.78 is 0. The first-order chi connectivity index (χ1) is 12.1. The van der Waals surface area contributed by atoms with Crippen LogP contribution in [0.2, 0.25) is 0 Å². The van der Waals surface area contributed by atoms with E-state index in [1.54, 1.807) is 36.7 Å². The number of aromatic amines is 1. The van der Waals surface area contributed by atoms with Crippen molar-refractivity contribution >= 4 is 11.8 Å². The predicted octanol–water partition coefficient (Wildman–Crippen LogP) is 2.62. The highest BCUT2D eigenvalue weighted by molar-refractivity contribution is 6.21. The molecule has 25 heavy (non-hydrogen) atoms. The minimum absolute atomic E-state index is 0.233. The zero-order valence-electron chi connectivity index (χ0n) is 13.7. The van der Waals surface area contributed by atoms with Gasteiger partial charge >= 0.3 is 0 Å². The van der Waals surface area contributed by atoms with Gasteiger partial charge in [0, 0.05) is 36.6 Å². The Balaban J connectivity index is 1.52. The van der Waals surface area contributed by atoms with E-state index in [4.69, 9.17) is 0 Å². The van der Waals surface area contributed by atoms with Crippen molar-refractivity contribution in [3.05, 3.63) is 71.3 Å². The van der Waals surface area contributed by atoms with Gasteiger partial charge in [-0.15, -0.1) is 0 Å². The molecule has 0 bridgehead atoms. The van der Waals surface area contributed by atoms with Gasteiger partial charge in [-0.2, -0.15) is 0 Å². The van der Waals surface area contributed by atoms with E-state index in [1.807, 2.05) is 19.1 Å². The number of benzene rings is 1. The van der Waals surface area contributed by atoms with E-state index in [2.05, 4.69) is 15.0 Å². The maximum Gasteiger partial charge on any atom is 0.261 e. The molecule has 1 aromatic carbocycles. The van der Waals surface area contributed by atoms with Gasteiger partial charge in [0.25, 0.3) is 11.8 Å². The van der Waals surface area contributed by atoms with Crippen molar-refractivity contribution in [2.24, 2.45) is 0 Å². The van der Waals surface area contributed by atoms with Crippen molar-refractivity contribution < 1.29 is 9.59 Å². The molecule has 1 N–H and O–H groups in total. The molecule has 6 nitrogen and oxygen atoms in total. The first-order valence-corrected chi connectivity index (χ1v) is 8.06. The Kier molecular flexibility index (Phi) is 3.65. The Hall–Kier alpha value is -3.28.